The predicted molar refractivity (Wildman–Crippen MR) is 103 cm³/mol. The zero-order chi connectivity index (χ0) is 18.3. The Hall–Kier alpha value is -2.88. The molecule has 26 heavy (non-hydrogen) atoms. The fourth-order valence-corrected chi connectivity index (χ4v) is 3.85. The van der Waals surface area contributed by atoms with Crippen molar-refractivity contribution in [3.8, 4) is 0 Å². The van der Waals surface area contributed by atoms with Crippen LogP contribution in [0.25, 0.3) is 5.57 Å². The summed E-state index contributed by atoms with van der Waals surface area (Å²) in [7, 11) is 0. The van der Waals surface area contributed by atoms with Gasteiger partial charge in [0.05, 0.1) is 5.57 Å². The molecule has 0 bridgehead atoms. The lowest BCUT2D eigenvalue weighted by atomic mass is 9.98. The van der Waals surface area contributed by atoms with Crippen LogP contribution < -0.4 is 4.90 Å². The molecule has 2 heterocycles. The zero-order valence-corrected chi connectivity index (χ0v) is 15.2. The summed E-state index contributed by atoms with van der Waals surface area (Å²) >= 11 is 0. The van der Waals surface area contributed by atoms with Gasteiger partial charge in [-0.1, -0.05) is 48.0 Å². The Balaban J connectivity index is 1.91. The average Bonchev–Trinajstić information content (AvgIpc) is 2.91. The van der Waals surface area contributed by atoms with Crippen LogP contribution >= 0.6 is 0 Å². The maximum atomic E-state index is 13.1. The van der Waals surface area contributed by atoms with Crippen LogP contribution in [0.2, 0.25) is 0 Å². The van der Waals surface area contributed by atoms with E-state index in [4.69, 9.17) is 0 Å². The van der Waals surface area contributed by atoms with Gasteiger partial charge in [0.25, 0.3) is 11.8 Å². The number of amides is 2. The number of benzene rings is 2. The first-order valence-corrected chi connectivity index (χ1v) is 9.14. The molecule has 4 rings (SSSR count). The van der Waals surface area contributed by atoms with Crippen LogP contribution in [-0.4, -0.2) is 29.8 Å². The summed E-state index contributed by atoms with van der Waals surface area (Å²) < 4.78 is 0. The number of hydrogen-bond acceptors (Lipinski definition) is 3. The summed E-state index contributed by atoms with van der Waals surface area (Å²) in [6.45, 7) is 4.99. The van der Waals surface area contributed by atoms with Crippen molar-refractivity contribution >= 4 is 23.1 Å². The van der Waals surface area contributed by atoms with Gasteiger partial charge in [0.15, 0.2) is 0 Å². The minimum atomic E-state index is -0.195. The van der Waals surface area contributed by atoms with Crippen LogP contribution in [0, 0.1) is 6.92 Å². The van der Waals surface area contributed by atoms with Crippen LogP contribution in [0.4, 0.5) is 5.69 Å². The highest BCUT2D eigenvalue weighted by molar-refractivity contribution is 6.36. The number of hydrogen-bond donors (Lipinski definition) is 0. The molecule has 2 aliphatic heterocycles. The molecule has 0 saturated heterocycles. The van der Waals surface area contributed by atoms with E-state index in [1.54, 1.807) is 0 Å². The maximum absolute atomic E-state index is 13.1. The molecule has 2 aliphatic rings. The number of anilines is 1. The summed E-state index contributed by atoms with van der Waals surface area (Å²) in [6.07, 6.45) is 1.97. The Morgan fingerprint density at radius 3 is 2.42 bits per heavy atom. The molecular weight excluding hydrogens is 324 g/mol. The normalized spacial score (nSPS) is 17.2. The molecule has 0 radical (unpaired) electrons. The number of imide groups is 1. The lowest BCUT2D eigenvalue weighted by molar-refractivity contribution is -0.136. The SMILES string of the molecule is CCN1C(=O)C(c2ccc(C)cc2)=C(N2CCCc3ccccc32)C1=O. The fourth-order valence-electron chi connectivity index (χ4n) is 3.85. The van der Waals surface area contributed by atoms with Gasteiger partial charge >= 0.3 is 0 Å². The van der Waals surface area contributed by atoms with E-state index in [1.807, 2.05) is 61.2 Å². The number of para-hydroxylation sites is 1. The second kappa shape index (κ2) is 6.45. The van der Waals surface area contributed by atoms with Gasteiger partial charge in [0.1, 0.15) is 5.70 Å². The van der Waals surface area contributed by atoms with Gasteiger partial charge in [-0.25, -0.2) is 0 Å². The number of likely N-dealkylation sites (N-methyl/N-ethyl adjacent to an activating group) is 1. The van der Waals surface area contributed by atoms with E-state index in [9.17, 15) is 9.59 Å². The molecular formula is C22H22N2O2. The monoisotopic (exact) mass is 346 g/mol. The number of nitrogens with zero attached hydrogens (tertiary/aromatic N) is 2. The summed E-state index contributed by atoms with van der Waals surface area (Å²) in [4.78, 5) is 29.5. The predicted octanol–water partition coefficient (Wildman–Crippen LogP) is 3.55. The smallest absolute Gasteiger partial charge is 0.278 e. The topological polar surface area (TPSA) is 40.6 Å². The van der Waals surface area contributed by atoms with Crippen molar-refractivity contribution in [1.29, 1.82) is 0 Å². The van der Waals surface area contributed by atoms with E-state index in [0.717, 1.165) is 36.2 Å². The summed E-state index contributed by atoms with van der Waals surface area (Å²) in [5, 5.41) is 0. The van der Waals surface area contributed by atoms with Crippen molar-refractivity contribution in [2.24, 2.45) is 0 Å². The summed E-state index contributed by atoms with van der Waals surface area (Å²) in [5.41, 5.74) is 5.25. The van der Waals surface area contributed by atoms with Gasteiger partial charge in [-0.15, -0.1) is 0 Å². The molecule has 0 fully saturated rings. The van der Waals surface area contributed by atoms with Crippen molar-refractivity contribution in [2.75, 3.05) is 18.0 Å². The minimum absolute atomic E-state index is 0.190. The Morgan fingerprint density at radius 2 is 1.69 bits per heavy atom. The highest BCUT2D eigenvalue weighted by Crippen LogP contribution is 2.37. The molecule has 2 aromatic carbocycles. The highest BCUT2D eigenvalue weighted by Gasteiger charge is 2.41. The van der Waals surface area contributed by atoms with E-state index < -0.39 is 0 Å². The van der Waals surface area contributed by atoms with Crippen LogP contribution in [0.1, 0.15) is 30.0 Å². The molecule has 0 N–H and O–H groups in total. The van der Waals surface area contributed by atoms with E-state index in [0.29, 0.717) is 17.8 Å². The molecule has 0 unspecified atom stereocenters. The van der Waals surface area contributed by atoms with E-state index in [1.165, 1.54) is 10.5 Å². The first-order chi connectivity index (χ1) is 12.6. The van der Waals surface area contributed by atoms with E-state index in [-0.39, 0.29) is 11.8 Å². The lowest BCUT2D eigenvalue weighted by Crippen LogP contribution is -2.37. The first kappa shape index (κ1) is 16.6. The average molecular weight is 346 g/mol. The van der Waals surface area contributed by atoms with Gasteiger partial charge < -0.3 is 4.90 Å². The van der Waals surface area contributed by atoms with Crippen LogP contribution in [-0.2, 0) is 16.0 Å². The number of carbonyl (C=O) groups is 2. The third kappa shape index (κ3) is 2.53. The molecule has 0 aromatic heterocycles. The van der Waals surface area contributed by atoms with Crippen LogP contribution in [0.15, 0.2) is 54.2 Å². The van der Waals surface area contributed by atoms with Crippen molar-refractivity contribution in [3.63, 3.8) is 0 Å². The van der Waals surface area contributed by atoms with E-state index >= 15 is 0 Å². The van der Waals surface area contributed by atoms with Crippen molar-refractivity contribution in [2.45, 2.75) is 26.7 Å². The van der Waals surface area contributed by atoms with Crippen LogP contribution in [0.5, 0.6) is 0 Å². The second-order valence-corrected chi connectivity index (χ2v) is 6.83. The van der Waals surface area contributed by atoms with Crippen molar-refractivity contribution in [3.05, 3.63) is 70.9 Å². The first-order valence-electron chi connectivity index (χ1n) is 9.14. The maximum Gasteiger partial charge on any atom is 0.278 e. The van der Waals surface area contributed by atoms with Crippen molar-refractivity contribution < 1.29 is 9.59 Å². The molecule has 4 heteroatoms. The van der Waals surface area contributed by atoms with Gasteiger partial charge in [-0.05, 0) is 43.9 Å². The molecule has 2 amide bonds. The van der Waals surface area contributed by atoms with Gasteiger partial charge in [0, 0.05) is 18.8 Å². The Kier molecular flexibility index (Phi) is 4.11. The quantitative estimate of drug-likeness (QED) is 0.798. The van der Waals surface area contributed by atoms with Gasteiger partial charge in [-0.3, -0.25) is 14.5 Å². The number of rotatable bonds is 3. The highest BCUT2D eigenvalue weighted by atomic mass is 16.2. The molecule has 132 valence electrons. The summed E-state index contributed by atoms with van der Waals surface area (Å²) in [6, 6.07) is 16.0. The number of carbonyl (C=O) groups excluding carboxylic acids is 2. The van der Waals surface area contributed by atoms with Crippen LogP contribution in [0.3, 0.4) is 0 Å². The molecule has 0 atom stereocenters. The molecule has 0 saturated carbocycles. The number of aryl methyl sites for hydroxylation is 2. The Labute approximate surface area is 153 Å². The van der Waals surface area contributed by atoms with Gasteiger partial charge in [-0.2, -0.15) is 0 Å². The van der Waals surface area contributed by atoms with E-state index in [2.05, 4.69) is 6.07 Å². The van der Waals surface area contributed by atoms with Crippen molar-refractivity contribution in [1.82, 2.24) is 4.90 Å². The standard InChI is InChI=1S/C22H22N2O2/c1-3-23-21(25)19(17-12-10-15(2)11-13-17)20(22(23)26)24-14-6-8-16-7-4-5-9-18(16)24/h4-5,7,9-13H,3,6,8,14H2,1-2H3. The summed E-state index contributed by atoms with van der Waals surface area (Å²) in [5.74, 6) is -0.385. The second-order valence-electron chi connectivity index (χ2n) is 6.83. The molecule has 0 spiro atoms. The molecule has 0 aliphatic carbocycles. The largest absolute Gasteiger partial charge is 0.336 e. The lowest BCUT2D eigenvalue weighted by Gasteiger charge is -2.32. The minimum Gasteiger partial charge on any atom is -0.336 e. The molecule has 4 nitrogen and oxygen atoms in total. The molecule has 2 aromatic rings. The Morgan fingerprint density at radius 1 is 0.962 bits per heavy atom. The van der Waals surface area contributed by atoms with Gasteiger partial charge in [0.2, 0.25) is 0 Å². The zero-order valence-electron chi connectivity index (χ0n) is 15.2. The third-order valence-electron chi connectivity index (χ3n) is 5.18. The third-order valence-corrected chi connectivity index (χ3v) is 5.18. The Bertz CT molecular complexity index is 912. The number of fused-ring (bicyclic) bond motifs is 1. The fraction of sp³-hybridized carbons (Fsp3) is 0.273.